The van der Waals surface area contributed by atoms with Crippen molar-refractivity contribution in [3.63, 3.8) is 0 Å². The highest BCUT2D eigenvalue weighted by Crippen LogP contribution is 2.28. The zero-order valence-electron chi connectivity index (χ0n) is 21.0. The fourth-order valence-corrected chi connectivity index (χ4v) is 4.98. The van der Waals surface area contributed by atoms with Crippen molar-refractivity contribution in [3.8, 4) is 22.8 Å². The first-order valence-corrected chi connectivity index (χ1v) is 13.0. The Morgan fingerprint density at radius 1 is 1.08 bits per heavy atom. The molecule has 0 saturated carbocycles. The Balaban J connectivity index is 1.55. The van der Waals surface area contributed by atoms with Crippen molar-refractivity contribution in [2.45, 2.75) is 13.1 Å². The van der Waals surface area contributed by atoms with E-state index in [4.69, 9.17) is 21.1 Å². The van der Waals surface area contributed by atoms with Gasteiger partial charge in [0.15, 0.2) is 0 Å². The molecule has 0 saturated heterocycles. The third-order valence-electron chi connectivity index (χ3n) is 5.87. The number of halogens is 1. The summed E-state index contributed by atoms with van der Waals surface area (Å²) in [6.07, 6.45) is 3.24. The molecule has 4 heterocycles. The van der Waals surface area contributed by atoms with E-state index in [1.165, 1.54) is 34.8 Å². The Labute approximate surface area is 232 Å². The van der Waals surface area contributed by atoms with E-state index in [1.54, 1.807) is 60.9 Å². The van der Waals surface area contributed by atoms with Crippen LogP contribution >= 0.6 is 22.9 Å². The second kappa shape index (κ2) is 11.5. The highest BCUT2D eigenvalue weighted by atomic mass is 35.5. The number of methoxy groups -OCH3 is 2. The van der Waals surface area contributed by atoms with Gasteiger partial charge in [0, 0.05) is 29.4 Å². The third kappa shape index (κ3) is 5.69. The Morgan fingerprint density at radius 2 is 1.95 bits per heavy atom. The lowest BCUT2D eigenvalue weighted by Gasteiger charge is -2.12. The van der Waals surface area contributed by atoms with Crippen molar-refractivity contribution < 1.29 is 14.3 Å². The molecule has 0 fully saturated rings. The number of hydrogen-bond donors (Lipinski definition) is 1. The fraction of sp³-hybridized carbons (Fsp3) is 0.148. The summed E-state index contributed by atoms with van der Waals surface area (Å²) in [7, 11) is 3.01. The van der Waals surface area contributed by atoms with Crippen LogP contribution in [0.25, 0.3) is 11.3 Å². The van der Waals surface area contributed by atoms with Gasteiger partial charge in [0.1, 0.15) is 23.0 Å². The number of carbonyl (C=O) groups excluding carboxylic acids is 1. The van der Waals surface area contributed by atoms with Gasteiger partial charge in [-0.15, -0.1) is 11.3 Å². The lowest BCUT2D eigenvalue weighted by Crippen LogP contribution is -2.22. The molecule has 0 aliphatic heterocycles. The maximum absolute atomic E-state index is 13.7. The van der Waals surface area contributed by atoms with Crippen molar-refractivity contribution in [1.29, 1.82) is 0 Å². The average Bonchev–Trinajstić information content (AvgIpc) is 3.58. The third-order valence-corrected chi connectivity index (χ3v) is 7.10. The molecule has 1 aromatic carbocycles. The smallest absolute Gasteiger partial charge is 0.283 e. The van der Waals surface area contributed by atoms with Gasteiger partial charge in [0.05, 0.1) is 48.5 Å². The molecule has 0 unspecified atom stereocenters. The molecule has 10 nitrogen and oxygen atoms in total. The monoisotopic (exact) mass is 562 g/mol. The maximum Gasteiger partial charge on any atom is 0.283 e. The molecule has 4 aromatic heterocycles. The van der Waals surface area contributed by atoms with E-state index >= 15 is 0 Å². The number of ether oxygens (including phenoxy) is 2. The van der Waals surface area contributed by atoms with Gasteiger partial charge in [-0.2, -0.15) is 20.0 Å². The molecule has 0 amide bonds. The molecule has 5 aromatic rings. The zero-order valence-corrected chi connectivity index (χ0v) is 22.6. The number of rotatable bonds is 9. The molecule has 39 heavy (non-hydrogen) atoms. The predicted molar refractivity (Wildman–Crippen MR) is 149 cm³/mol. The van der Waals surface area contributed by atoms with Crippen LogP contribution in [-0.2, 0) is 13.1 Å². The summed E-state index contributed by atoms with van der Waals surface area (Å²) < 4.78 is 14.1. The molecule has 5 rings (SSSR count). The van der Waals surface area contributed by atoms with Crippen molar-refractivity contribution in [3.05, 3.63) is 104 Å². The van der Waals surface area contributed by atoms with Crippen molar-refractivity contribution in [2.75, 3.05) is 19.5 Å². The van der Waals surface area contributed by atoms with E-state index in [2.05, 4.69) is 20.6 Å². The van der Waals surface area contributed by atoms with E-state index in [0.717, 1.165) is 4.88 Å². The maximum atomic E-state index is 13.7. The zero-order chi connectivity index (χ0) is 27.4. The minimum Gasteiger partial charge on any atom is -0.497 e. The molecular formula is C27H23ClN6O4S. The van der Waals surface area contributed by atoms with E-state index in [-0.39, 0.29) is 17.7 Å². The topological polar surface area (TPSA) is 113 Å². The van der Waals surface area contributed by atoms with Gasteiger partial charge in [-0.3, -0.25) is 9.59 Å². The Hall–Kier alpha value is -4.48. The number of nitrogens with one attached hydrogen (secondary N) is 1. The SMILES string of the molecule is COc1ccc(C(=O)n2nc(-c3cccn(Cc4cccnn4)c3=O)cc2NCc2ccc(Cl)s2)c(OC)c1. The number of carbonyl (C=O) groups is 1. The number of thiophene rings is 1. The molecule has 0 aliphatic carbocycles. The van der Waals surface area contributed by atoms with E-state index in [0.29, 0.717) is 45.1 Å². The number of aromatic nitrogens is 5. The van der Waals surface area contributed by atoms with Crippen LogP contribution in [0.15, 0.2) is 77.9 Å². The van der Waals surface area contributed by atoms with Gasteiger partial charge in [-0.25, -0.2) is 0 Å². The summed E-state index contributed by atoms with van der Waals surface area (Å²) in [5.41, 5.74) is 1.31. The van der Waals surface area contributed by atoms with Crippen LogP contribution in [0.2, 0.25) is 4.34 Å². The normalized spacial score (nSPS) is 10.8. The van der Waals surface area contributed by atoms with Crippen molar-refractivity contribution in [2.24, 2.45) is 0 Å². The summed E-state index contributed by atoms with van der Waals surface area (Å²) in [5, 5.41) is 15.7. The number of hydrogen-bond acceptors (Lipinski definition) is 9. The van der Waals surface area contributed by atoms with Crippen molar-refractivity contribution in [1.82, 2.24) is 24.5 Å². The number of nitrogens with zero attached hydrogens (tertiary/aromatic N) is 5. The van der Waals surface area contributed by atoms with Gasteiger partial charge in [-0.05, 0) is 48.5 Å². The Bertz CT molecular complexity index is 1680. The summed E-state index contributed by atoms with van der Waals surface area (Å²) in [6.45, 7) is 0.648. The fourth-order valence-electron chi connectivity index (χ4n) is 3.96. The number of anilines is 1. The van der Waals surface area contributed by atoms with Crippen molar-refractivity contribution >= 4 is 34.7 Å². The minimum atomic E-state index is -0.441. The predicted octanol–water partition coefficient (Wildman–Crippen LogP) is 4.58. The van der Waals surface area contributed by atoms with Gasteiger partial charge in [-0.1, -0.05) is 11.6 Å². The van der Waals surface area contributed by atoms with Gasteiger partial charge >= 0.3 is 0 Å². The Morgan fingerprint density at radius 3 is 2.67 bits per heavy atom. The molecule has 0 aliphatic rings. The van der Waals surface area contributed by atoms with E-state index in [9.17, 15) is 9.59 Å². The Kier molecular flexibility index (Phi) is 7.71. The average molecular weight is 563 g/mol. The van der Waals surface area contributed by atoms with Crippen LogP contribution in [-0.4, -0.2) is 44.7 Å². The first-order valence-electron chi connectivity index (χ1n) is 11.8. The first-order chi connectivity index (χ1) is 19.0. The van der Waals surface area contributed by atoms with Gasteiger partial charge < -0.3 is 19.4 Å². The molecule has 12 heteroatoms. The van der Waals surface area contributed by atoms with Crippen LogP contribution < -0.4 is 20.3 Å². The van der Waals surface area contributed by atoms with Crippen LogP contribution in [0.1, 0.15) is 20.9 Å². The van der Waals surface area contributed by atoms with Gasteiger partial charge in [0.25, 0.3) is 11.5 Å². The second-order valence-electron chi connectivity index (χ2n) is 8.33. The summed E-state index contributed by atoms with van der Waals surface area (Å²) in [5.74, 6) is 0.841. The summed E-state index contributed by atoms with van der Waals surface area (Å²) in [4.78, 5) is 28.1. The quantitative estimate of drug-likeness (QED) is 0.278. The standard InChI is InChI=1S/C27H23ClN6O4S/c1-37-18-7-9-21(23(13-18)38-2)27(36)34-25(29-15-19-8-10-24(28)39-19)14-22(32-34)20-6-4-12-33(26(20)35)16-17-5-3-11-30-31-17/h3-14,29H,15-16H2,1-2H3. The van der Waals surface area contributed by atoms with Crippen LogP contribution in [0, 0.1) is 0 Å². The lowest BCUT2D eigenvalue weighted by atomic mass is 10.1. The summed E-state index contributed by atoms with van der Waals surface area (Å²) >= 11 is 7.51. The molecule has 1 N–H and O–H groups in total. The summed E-state index contributed by atoms with van der Waals surface area (Å²) in [6, 6.07) is 17.3. The van der Waals surface area contributed by atoms with E-state index < -0.39 is 5.91 Å². The van der Waals surface area contributed by atoms with Crippen LogP contribution in [0.4, 0.5) is 5.82 Å². The molecule has 0 spiro atoms. The minimum absolute atomic E-state index is 0.243. The molecular weight excluding hydrogens is 540 g/mol. The second-order valence-corrected chi connectivity index (χ2v) is 10.1. The number of benzene rings is 1. The van der Waals surface area contributed by atoms with Gasteiger partial charge in [0.2, 0.25) is 0 Å². The lowest BCUT2D eigenvalue weighted by molar-refractivity contribution is 0.0944. The van der Waals surface area contributed by atoms with E-state index in [1.807, 2.05) is 12.1 Å². The molecule has 0 atom stereocenters. The largest absolute Gasteiger partial charge is 0.497 e. The molecule has 0 bridgehead atoms. The highest BCUT2D eigenvalue weighted by molar-refractivity contribution is 7.16. The molecule has 0 radical (unpaired) electrons. The van der Waals surface area contributed by atoms with Crippen LogP contribution in [0.3, 0.4) is 0 Å². The highest BCUT2D eigenvalue weighted by Gasteiger charge is 2.22. The number of pyridine rings is 1. The van der Waals surface area contributed by atoms with Crippen LogP contribution in [0.5, 0.6) is 11.5 Å². The molecule has 198 valence electrons. The first kappa shape index (κ1) is 26.1.